The number of hydrogen-bond acceptors (Lipinski definition) is 6. The second-order valence-corrected chi connectivity index (χ2v) is 11.4. The van der Waals surface area contributed by atoms with Crippen molar-refractivity contribution in [2.45, 2.75) is 6.54 Å². The van der Waals surface area contributed by atoms with E-state index in [2.05, 4.69) is 0 Å². The van der Waals surface area contributed by atoms with Crippen molar-refractivity contribution in [3.8, 4) is 5.75 Å². The molecular formula is C40H32N2O9. The molecule has 2 amide bonds. The Labute approximate surface area is 292 Å². The molecule has 0 aliphatic heterocycles. The SMILES string of the molecule is COc1ccc(/C=C/c2ccc(N(Cc3ccc(C(=O)O)cc3)C(=O)c3ccc(N(C)C(=O)c4ccc(C(=O)O)cc4)cc3)c(C(=O)O)c2)cc1. The minimum absolute atomic E-state index is 0.0465. The molecule has 0 unspecified atom stereocenters. The maximum absolute atomic E-state index is 14.2. The zero-order valence-electron chi connectivity index (χ0n) is 27.5. The number of methoxy groups -OCH3 is 1. The molecule has 0 radical (unpaired) electrons. The Bertz CT molecular complexity index is 2120. The molecule has 5 aromatic rings. The maximum atomic E-state index is 14.2. The predicted molar refractivity (Wildman–Crippen MR) is 192 cm³/mol. The lowest BCUT2D eigenvalue weighted by molar-refractivity contribution is 0.0686. The van der Waals surface area contributed by atoms with Crippen LogP contribution in [0, 0.1) is 0 Å². The molecular weight excluding hydrogens is 652 g/mol. The molecule has 5 rings (SSSR count). The van der Waals surface area contributed by atoms with Crippen molar-refractivity contribution in [1.29, 1.82) is 0 Å². The number of hydrogen-bond donors (Lipinski definition) is 3. The molecule has 0 spiro atoms. The molecule has 0 aliphatic rings. The van der Waals surface area contributed by atoms with Gasteiger partial charge in [0.05, 0.1) is 36.0 Å². The first-order valence-electron chi connectivity index (χ1n) is 15.5. The first kappa shape index (κ1) is 35.3. The van der Waals surface area contributed by atoms with E-state index >= 15 is 0 Å². The maximum Gasteiger partial charge on any atom is 0.337 e. The van der Waals surface area contributed by atoms with E-state index in [1.807, 2.05) is 30.3 Å². The molecule has 0 aromatic heterocycles. The van der Waals surface area contributed by atoms with Crippen LogP contribution in [0.15, 0.2) is 115 Å². The largest absolute Gasteiger partial charge is 0.497 e. The standard InChI is InChI=1S/C40H32N2O9/c1-41(36(43)28-12-14-31(15-13-28)39(47)48)32-18-16-29(17-19-32)37(44)42(24-27-5-10-30(11-6-27)38(45)46)35-22-9-26(23-34(35)40(49)50)4-3-25-7-20-33(51-2)21-8-25/h3-23H,24H2,1-2H3,(H,45,46)(H,47,48)(H,49,50)/b4-3+. The zero-order valence-corrected chi connectivity index (χ0v) is 27.5. The third-order valence-corrected chi connectivity index (χ3v) is 8.10. The van der Waals surface area contributed by atoms with Crippen molar-refractivity contribution in [1.82, 2.24) is 0 Å². The highest BCUT2D eigenvalue weighted by Gasteiger charge is 2.24. The molecule has 256 valence electrons. The Morgan fingerprint density at radius 1 is 0.588 bits per heavy atom. The molecule has 0 aliphatic carbocycles. The van der Waals surface area contributed by atoms with E-state index < -0.39 is 29.7 Å². The van der Waals surface area contributed by atoms with Gasteiger partial charge >= 0.3 is 17.9 Å². The summed E-state index contributed by atoms with van der Waals surface area (Å²) in [6.45, 7) is -0.0769. The lowest BCUT2D eigenvalue weighted by atomic mass is 10.0. The van der Waals surface area contributed by atoms with Gasteiger partial charge in [0.1, 0.15) is 5.75 Å². The Morgan fingerprint density at radius 3 is 1.63 bits per heavy atom. The second kappa shape index (κ2) is 15.5. The number of anilines is 2. The van der Waals surface area contributed by atoms with E-state index in [9.17, 15) is 34.2 Å². The van der Waals surface area contributed by atoms with Crippen molar-refractivity contribution in [3.63, 3.8) is 0 Å². The Hall–Kier alpha value is -7.01. The van der Waals surface area contributed by atoms with Gasteiger partial charge in [0.2, 0.25) is 0 Å². The van der Waals surface area contributed by atoms with Crippen molar-refractivity contribution >= 4 is 53.2 Å². The minimum Gasteiger partial charge on any atom is -0.497 e. The number of carbonyl (C=O) groups excluding carboxylic acids is 2. The molecule has 11 nitrogen and oxygen atoms in total. The molecule has 3 N–H and O–H groups in total. The first-order chi connectivity index (χ1) is 24.4. The van der Waals surface area contributed by atoms with Gasteiger partial charge in [-0.25, -0.2) is 14.4 Å². The van der Waals surface area contributed by atoms with Gasteiger partial charge in [-0.15, -0.1) is 0 Å². The smallest absolute Gasteiger partial charge is 0.337 e. The summed E-state index contributed by atoms with van der Waals surface area (Å²) in [5.74, 6) is -3.71. The van der Waals surface area contributed by atoms with E-state index in [1.165, 1.54) is 64.4 Å². The fourth-order valence-corrected chi connectivity index (χ4v) is 5.22. The molecule has 0 saturated heterocycles. The van der Waals surface area contributed by atoms with Crippen LogP contribution < -0.4 is 14.5 Å². The topological polar surface area (TPSA) is 162 Å². The van der Waals surface area contributed by atoms with Crippen LogP contribution in [0.4, 0.5) is 11.4 Å². The quantitative estimate of drug-likeness (QED) is 0.117. The minimum atomic E-state index is -1.25. The average molecular weight is 685 g/mol. The number of ether oxygens (including phenoxy) is 1. The number of nitrogens with zero attached hydrogens (tertiary/aromatic N) is 2. The van der Waals surface area contributed by atoms with Gasteiger partial charge in [-0.05, 0) is 102 Å². The highest BCUT2D eigenvalue weighted by molar-refractivity contribution is 6.10. The molecule has 11 heteroatoms. The number of carboxylic acids is 3. The number of benzene rings is 5. The van der Waals surface area contributed by atoms with E-state index in [-0.39, 0.29) is 40.0 Å². The van der Waals surface area contributed by atoms with Gasteiger partial charge in [-0.2, -0.15) is 0 Å². The molecule has 0 heterocycles. The van der Waals surface area contributed by atoms with Crippen molar-refractivity contribution in [3.05, 3.63) is 160 Å². The Morgan fingerprint density at radius 2 is 1.08 bits per heavy atom. The van der Waals surface area contributed by atoms with Gasteiger partial charge in [0.25, 0.3) is 11.8 Å². The summed E-state index contributed by atoms with van der Waals surface area (Å²) in [7, 11) is 3.12. The number of rotatable bonds is 12. The third kappa shape index (κ3) is 8.35. The fraction of sp³-hybridized carbons (Fsp3) is 0.0750. The van der Waals surface area contributed by atoms with Crippen molar-refractivity contribution in [2.24, 2.45) is 0 Å². The summed E-state index contributed by atoms with van der Waals surface area (Å²) in [6.07, 6.45) is 3.58. The molecule has 0 bridgehead atoms. The average Bonchev–Trinajstić information content (AvgIpc) is 3.15. The van der Waals surface area contributed by atoms with Crippen molar-refractivity contribution < 1.29 is 44.0 Å². The van der Waals surface area contributed by atoms with Crippen LogP contribution in [0.25, 0.3) is 12.2 Å². The van der Waals surface area contributed by atoms with Gasteiger partial charge in [-0.3, -0.25) is 9.59 Å². The van der Waals surface area contributed by atoms with E-state index in [4.69, 9.17) is 9.84 Å². The predicted octanol–water partition coefficient (Wildman–Crippen LogP) is 7.08. The lowest BCUT2D eigenvalue weighted by Crippen LogP contribution is -2.32. The fourth-order valence-electron chi connectivity index (χ4n) is 5.22. The highest BCUT2D eigenvalue weighted by atomic mass is 16.5. The van der Waals surface area contributed by atoms with Gasteiger partial charge in [-0.1, -0.05) is 42.5 Å². The van der Waals surface area contributed by atoms with Gasteiger partial charge < -0.3 is 29.9 Å². The summed E-state index contributed by atoms with van der Waals surface area (Å²) in [6, 6.07) is 29.7. The van der Waals surface area contributed by atoms with Gasteiger partial charge in [0, 0.05) is 23.9 Å². The number of amides is 2. The molecule has 0 atom stereocenters. The van der Waals surface area contributed by atoms with Crippen LogP contribution in [-0.4, -0.2) is 59.2 Å². The monoisotopic (exact) mass is 684 g/mol. The number of carbonyl (C=O) groups is 5. The highest BCUT2D eigenvalue weighted by Crippen LogP contribution is 2.28. The summed E-state index contributed by atoms with van der Waals surface area (Å²) in [4.78, 5) is 65.1. The van der Waals surface area contributed by atoms with Crippen LogP contribution in [-0.2, 0) is 6.54 Å². The van der Waals surface area contributed by atoms with Crippen LogP contribution in [0.1, 0.15) is 68.5 Å². The van der Waals surface area contributed by atoms with Crippen LogP contribution in [0.3, 0.4) is 0 Å². The molecule has 0 saturated carbocycles. The normalized spacial score (nSPS) is 10.8. The van der Waals surface area contributed by atoms with Crippen LogP contribution in [0.5, 0.6) is 5.75 Å². The van der Waals surface area contributed by atoms with Crippen LogP contribution in [0.2, 0.25) is 0 Å². The molecule has 51 heavy (non-hydrogen) atoms. The zero-order chi connectivity index (χ0) is 36.7. The van der Waals surface area contributed by atoms with Crippen molar-refractivity contribution in [2.75, 3.05) is 24.0 Å². The Balaban J connectivity index is 1.46. The van der Waals surface area contributed by atoms with Gasteiger partial charge in [0.15, 0.2) is 0 Å². The summed E-state index contributed by atoms with van der Waals surface area (Å²) in [5, 5.41) is 28.8. The molecule has 5 aromatic carbocycles. The van der Waals surface area contributed by atoms with E-state index in [0.29, 0.717) is 22.6 Å². The number of carboxylic acid groups (broad SMARTS) is 3. The Kier molecular flexibility index (Phi) is 10.7. The second-order valence-electron chi connectivity index (χ2n) is 11.4. The summed E-state index contributed by atoms with van der Waals surface area (Å²) in [5.41, 5.74) is 3.03. The molecule has 0 fully saturated rings. The first-order valence-corrected chi connectivity index (χ1v) is 15.5. The van der Waals surface area contributed by atoms with Crippen LogP contribution >= 0.6 is 0 Å². The summed E-state index contributed by atoms with van der Waals surface area (Å²) < 4.78 is 5.19. The lowest BCUT2D eigenvalue weighted by Gasteiger charge is -2.25. The number of aromatic carboxylic acids is 3. The summed E-state index contributed by atoms with van der Waals surface area (Å²) >= 11 is 0. The third-order valence-electron chi connectivity index (χ3n) is 8.10. The van der Waals surface area contributed by atoms with E-state index in [1.54, 1.807) is 56.6 Å². The van der Waals surface area contributed by atoms with E-state index in [0.717, 1.165) is 5.56 Å².